The van der Waals surface area contributed by atoms with E-state index in [1.165, 1.54) is 16.8 Å². The van der Waals surface area contributed by atoms with Crippen LogP contribution in [0.5, 0.6) is 0 Å². The fraction of sp³-hybridized carbons (Fsp3) is 0.353. The van der Waals surface area contributed by atoms with E-state index in [4.69, 9.17) is 0 Å². The number of rotatable bonds is 8. The first-order chi connectivity index (χ1) is 12.6. The van der Waals surface area contributed by atoms with Gasteiger partial charge in [-0.15, -0.1) is 5.10 Å². The summed E-state index contributed by atoms with van der Waals surface area (Å²) in [5.74, 6) is 0.0565. The van der Waals surface area contributed by atoms with E-state index in [0.717, 1.165) is 18.5 Å². The molecule has 0 aliphatic carbocycles. The molecule has 26 heavy (non-hydrogen) atoms. The Bertz CT molecular complexity index is 829. The molecule has 2 heterocycles. The van der Waals surface area contributed by atoms with Crippen LogP contribution in [0.15, 0.2) is 42.7 Å². The number of amides is 1. The minimum atomic E-state index is -0.597. The van der Waals surface area contributed by atoms with E-state index in [2.05, 4.69) is 25.9 Å². The number of nitrogens with one attached hydrogen (secondary N) is 1. The number of carbonyl (C=O) groups excluding carboxylic acids is 1. The zero-order valence-electron chi connectivity index (χ0n) is 14.4. The quantitative estimate of drug-likeness (QED) is 0.614. The third kappa shape index (κ3) is 4.50. The van der Waals surface area contributed by atoms with Gasteiger partial charge in [0.1, 0.15) is 17.7 Å². The molecular weight excluding hydrogens is 337 g/mol. The molecule has 8 nitrogen and oxygen atoms in total. The van der Waals surface area contributed by atoms with Crippen LogP contribution in [0.4, 0.5) is 4.39 Å². The van der Waals surface area contributed by atoms with Gasteiger partial charge in [-0.3, -0.25) is 9.48 Å². The average Bonchev–Trinajstić information content (AvgIpc) is 3.30. The molecule has 136 valence electrons. The molecule has 2 aromatic heterocycles. The van der Waals surface area contributed by atoms with Gasteiger partial charge in [0.25, 0.3) is 0 Å². The van der Waals surface area contributed by atoms with Gasteiger partial charge in [0, 0.05) is 31.9 Å². The summed E-state index contributed by atoms with van der Waals surface area (Å²) in [4.78, 5) is 12.7. The Kier molecular flexibility index (Phi) is 5.67. The fourth-order valence-corrected chi connectivity index (χ4v) is 2.66. The lowest BCUT2D eigenvalue weighted by Gasteiger charge is -2.17. The minimum absolute atomic E-state index is 0.176. The molecule has 0 saturated heterocycles. The first kappa shape index (κ1) is 17.7. The van der Waals surface area contributed by atoms with Gasteiger partial charge in [0.2, 0.25) is 5.91 Å². The molecule has 0 radical (unpaired) electrons. The topological polar surface area (TPSA) is 90.5 Å². The molecule has 0 aliphatic rings. The van der Waals surface area contributed by atoms with E-state index in [1.807, 2.05) is 16.9 Å². The smallest absolute Gasteiger partial charge is 0.245 e. The van der Waals surface area contributed by atoms with Crippen LogP contribution in [-0.4, -0.2) is 42.4 Å². The van der Waals surface area contributed by atoms with Crippen molar-refractivity contribution in [1.82, 2.24) is 35.3 Å². The Morgan fingerprint density at radius 1 is 1.31 bits per heavy atom. The zero-order chi connectivity index (χ0) is 18.4. The lowest BCUT2D eigenvalue weighted by Crippen LogP contribution is -2.35. The van der Waals surface area contributed by atoms with Crippen LogP contribution in [-0.2, 0) is 17.8 Å². The van der Waals surface area contributed by atoms with Crippen molar-refractivity contribution in [1.29, 1.82) is 0 Å². The van der Waals surface area contributed by atoms with Crippen molar-refractivity contribution in [2.75, 3.05) is 6.54 Å². The third-order valence-corrected chi connectivity index (χ3v) is 4.02. The predicted molar refractivity (Wildman–Crippen MR) is 91.5 cm³/mol. The van der Waals surface area contributed by atoms with Gasteiger partial charge in [0.05, 0.1) is 0 Å². The summed E-state index contributed by atoms with van der Waals surface area (Å²) in [6.07, 6.45) is 4.73. The van der Waals surface area contributed by atoms with Crippen molar-refractivity contribution in [2.45, 2.75) is 32.4 Å². The standard InChI is InChI=1S/C17H20FN7O/c1-13-21-22-23-25(13)16(12-14-4-6-15(18)7-5-14)17(26)19-8-2-10-24-11-3-9-20-24/h3-7,9,11,16H,2,8,10,12H2,1H3,(H,19,26)/t16-/m0/s1. The van der Waals surface area contributed by atoms with Gasteiger partial charge in [-0.1, -0.05) is 12.1 Å². The molecule has 0 saturated carbocycles. The SMILES string of the molecule is Cc1nnnn1[C@@H](Cc1ccc(F)cc1)C(=O)NCCCn1cccn1. The van der Waals surface area contributed by atoms with E-state index >= 15 is 0 Å². The van der Waals surface area contributed by atoms with E-state index < -0.39 is 6.04 Å². The van der Waals surface area contributed by atoms with Crippen LogP contribution in [0.2, 0.25) is 0 Å². The summed E-state index contributed by atoms with van der Waals surface area (Å²) in [5.41, 5.74) is 0.831. The average molecular weight is 357 g/mol. The predicted octanol–water partition coefficient (Wildman–Crippen LogP) is 1.31. The molecule has 0 bridgehead atoms. The second kappa shape index (κ2) is 8.32. The highest BCUT2D eigenvalue weighted by atomic mass is 19.1. The summed E-state index contributed by atoms with van der Waals surface area (Å²) in [6, 6.07) is 7.33. The highest BCUT2D eigenvalue weighted by molar-refractivity contribution is 5.80. The number of benzene rings is 1. The van der Waals surface area contributed by atoms with Crippen LogP contribution in [0, 0.1) is 12.7 Å². The molecule has 0 unspecified atom stereocenters. The summed E-state index contributed by atoms with van der Waals surface area (Å²) in [6.45, 7) is 2.97. The van der Waals surface area contributed by atoms with Crippen molar-refractivity contribution >= 4 is 5.91 Å². The Morgan fingerprint density at radius 3 is 2.77 bits per heavy atom. The maximum absolute atomic E-state index is 13.1. The maximum Gasteiger partial charge on any atom is 0.245 e. The highest BCUT2D eigenvalue weighted by Gasteiger charge is 2.24. The van der Waals surface area contributed by atoms with Gasteiger partial charge in [0.15, 0.2) is 0 Å². The maximum atomic E-state index is 13.1. The van der Waals surface area contributed by atoms with Crippen molar-refractivity contribution in [3.05, 3.63) is 59.9 Å². The number of nitrogens with zero attached hydrogens (tertiary/aromatic N) is 6. The number of halogens is 1. The van der Waals surface area contributed by atoms with E-state index in [0.29, 0.717) is 18.8 Å². The molecular formula is C17H20FN7O. The molecule has 3 rings (SSSR count). The van der Waals surface area contributed by atoms with Gasteiger partial charge >= 0.3 is 0 Å². The van der Waals surface area contributed by atoms with E-state index in [9.17, 15) is 9.18 Å². The second-order valence-corrected chi connectivity index (χ2v) is 5.93. The van der Waals surface area contributed by atoms with Crippen molar-refractivity contribution in [3.63, 3.8) is 0 Å². The Balaban J connectivity index is 1.63. The van der Waals surface area contributed by atoms with E-state index in [-0.39, 0.29) is 11.7 Å². The fourth-order valence-electron chi connectivity index (χ4n) is 2.66. The normalized spacial score (nSPS) is 12.1. The Labute approximate surface area is 150 Å². The molecule has 1 atom stereocenters. The van der Waals surface area contributed by atoms with Gasteiger partial charge < -0.3 is 5.32 Å². The molecule has 0 aliphatic heterocycles. The number of carbonyl (C=O) groups is 1. The molecule has 9 heteroatoms. The minimum Gasteiger partial charge on any atom is -0.354 e. The third-order valence-electron chi connectivity index (χ3n) is 4.02. The van der Waals surface area contributed by atoms with Crippen molar-refractivity contribution in [2.24, 2.45) is 0 Å². The number of hydrogen-bond acceptors (Lipinski definition) is 5. The zero-order valence-corrected chi connectivity index (χ0v) is 14.4. The first-order valence-electron chi connectivity index (χ1n) is 8.37. The van der Waals surface area contributed by atoms with E-state index in [1.54, 1.807) is 25.3 Å². The summed E-state index contributed by atoms with van der Waals surface area (Å²) in [5, 5.41) is 18.5. The lowest BCUT2D eigenvalue weighted by atomic mass is 10.1. The first-order valence-corrected chi connectivity index (χ1v) is 8.37. The van der Waals surface area contributed by atoms with Crippen LogP contribution in [0.1, 0.15) is 23.9 Å². The number of hydrogen-bond donors (Lipinski definition) is 1. The Morgan fingerprint density at radius 2 is 2.12 bits per heavy atom. The van der Waals surface area contributed by atoms with Crippen molar-refractivity contribution in [3.8, 4) is 0 Å². The molecule has 0 fully saturated rings. The number of aromatic nitrogens is 6. The lowest BCUT2D eigenvalue weighted by molar-refractivity contribution is -0.124. The molecule has 3 aromatic rings. The summed E-state index contributed by atoms with van der Waals surface area (Å²) >= 11 is 0. The van der Waals surface area contributed by atoms with Gasteiger partial charge in [-0.25, -0.2) is 9.07 Å². The van der Waals surface area contributed by atoms with Crippen LogP contribution < -0.4 is 5.32 Å². The molecule has 0 spiro atoms. The molecule has 1 aromatic carbocycles. The Hall–Kier alpha value is -3.10. The largest absolute Gasteiger partial charge is 0.354 e. The molecule has 1 N–H and O–H groups in total. The van der Waals surface area contributed by atoms with Crippen LogP contribution >= 0.6 is 0 Å². The molecule has 1 amide bonds. The monoisotopic (exact) mass is 357 g/mol. The number of tetrazole rings is 1. The van der Waals surface area contributed by atoms with Gasteiger partial charge in [-0.2, -0.15) is 5.10 Å². The van der Waals surface area contributed by atoms with Crippen LogP contribution in [0.3, 0.4) is 0 Å². The number of aryl methyl sites for hydroxylation is 2. The van der Waals surface area contributed by atoms with Gasteiger partial charge in [-0.05, 0) is 47.5 Å². The summed E-state index contributed by atoms with van der Waals surface area (Å²) < 4.78 is 16.4. The van der Waals surface area contributed by atoms with Crippen LogP contribution in [0.25, 0.3) is 0 Å². The van der Waals surface area contributed by atoms with Crippen molar-refractivity contribution < 1.29 is 9.18 Å². The second-order valence-electron chi connectivity index (χ2n) is 5.93. The summed E-state index contributed by atoms with van der Waals surface area (Å²) in [7, 11) is 0. The highest BCUT2D eigenvalue weighted by Crippen LogP contribution is 2.15.